The van der Waals surface area contributed by atoms with E-state index >= 15 is 0 Å². The van der Waals surface area contributed by atoms with Gasteiger partial charge in [-0.25, -0.2) is 0 Å². The lowest BCUT2D eigenvalue weighted by Gasteiger charge is -2.22. The number of carbonyl (C=O) groups is 2. The quantitative estimate of drug-likeness (QED) is 0.0320. The average Bonchev–Trinajstić information content (AvgIpc) is 3.46. The number of hydrogen-bond donors (Lipinski definition) is 3. The van der Waals surface area contributed by atoms with E-state index in [1.807, 2.05) is 0 Å². The van der Waals surface area contributed by atoms with Crippen LogP contribution in [0.1, 0.15) is 412 Å². The molecule has 3 N–H and O–H groups in total. The molecule has 0 aliphatic rings. The Morgan fingerprint density at radius 3 is 0.900 bits per heavy atom. The Balaban J connectivity index is 3.37. The van der Waals surface area contributed by atoms with Crippen LogP contribution in [0.25, 0.3) is 0 Å². The molecule has 1 amide bonds. The van der Waals surface area contributed by atoms with Crippen molar-refractivity contribution in [2.45, 2.75) is 424 Å². The van der Waals surface area contributed by atoms with Crippen molar-refractivity contribution in [1.29, 1.82) is 0 Å². The molecule has 0 fully saturated rings. The van der Waals surface area contributed by atoms with Crippen LogP contribution in [0.4, 0.5) is 0 Å². The fourth-order valence-corrected chi connectivity index (χ4v) is 11.6. The Kier molecular flexibility index (Phi) is 68.4. The topological polar surface area (TPSA) is 95.9 Å². The van der Waals surface area contributed by atoms with Crippen molar-refractivity contribution < 1.29 is 24.5 Å². The van der Waals surface area contributed by atoms with Gasteiger partial charge in [-0.3, -0.25) is 9.59 Å². The van der Waals surface area contributed by atoms with E-state index in [1.165, 1.54) is 334 Å². The highest BCUT2D eigenvalue weighted by molar-refractivity contribution is 5.76. The minimum Gasteiger partial charge on any atom is -0.466 e. The summed E-state index contributed by atoms with van der Waals surface area (Å²) in [6.45, 7) is 4.98. The molecule has 2 atom stereocenters. The molecule has 474 valence electrons. The van der Waals surface area contributed by atoms with Crippen LogP contribution in [-0.2, 0) is 14.3 Å². The molecule has 0 aromatic rings. The first-order valence-corrected chi connectivity index (χ1v) is 36.6. The van der Waals surface area contributed by atoms with Crippen molar-refractivity contribution in [2.75, 3.05) is 13.2 Å². The number of esters is 1. The molecular weight excluding hydrogens is 983 g/mol. The third-order valence-corrected chi connectivity index (χ3v) is 17.2. The first-order chi connectivity index (χ1) is 39.5. The van der Waals surface area contributed by atoms with Gasteiger partial charge in [0.05, 0.1) is 25.4 Å². The van der Waals surface area contributed by atoms with E-state index in [9.17, 15) is 19.8 Å². The highest BCUT2D eigenvalue weighted by Gasteiger charge is 2.20. The monoisotopic (exact) mass is 1130 g/mol. The molecule has 0 saturated carbocycles. The highest BCUT2D eigenvalue weighted by atomic mass is 16.5. The van der Waals surface area contributed by atoms with Crippen molar-refractivity contribution in [3.8, 4) is 0 Å². The van der Waals surface area contributed by atoms with Gasteiger partial charge in [0.25, 0.3) is 0 Å². The minimum atomic E-state index is -0.664. The molecule has 0 aliphatic carbocycles. The summed E-state index contributed by atoms with van der Waals surface area (Å²) in [7, 11) is 0. The normalized spacial score (nSPS) is 12.6. The Bertz CT molecular complexity index is 1250. The van der Waals surface area contributed by atoms with Gasteiger partial charge in [0, 0.05) is 12.8 Å². The molecule has 0 radical (unpaired) electrons. The predicted molar refractivity (Wildman–Crippen MR) is 352 cm³/mol. The third-order valence-electron chi connectivity index (χ3n) is 17.2. The Morgan fingerprint density at radius 1 is 0.338 bits per heavy atom. The fraction of sp³-hybridized carbons (Fsp3) is 0.919. The van der Waals surface area contributed by atoms with Crippen LogP contribution in [-0.4, -0.2) is 47.4 Å². The van der Waals surface area contributed by atoms with Crippen LogP contribution < -0.4 is 5.32 Å². The molecule has 0 aromatic carbocycles. The lowest BCUT2D eigenvalue weighted by molar-refractivity contribution is -0.143. The summed E-state index contributed by atoms with van der Waals surface area (Å²) >= 11 is 0. The highest BCUT2D eigenvalue weighted by Crippen LogP contribution is 2.19. The van der Waals surface area contributed by atoms with Gasteiger partial charge in [0.15, 0.2) is 0 Å². The van der Waals surface area contributed by atoms with Gasteiger partial charge >= 0.3 is 5.97 Å². The maximum atomic E-state index is 12.5. The van der Waals surface area contributed by atoms with E-state index in [-0.39, 0.29) is 18.5 Å². The molecule has 2 unspecified atom stereocenters. The van der Waals surface area contributed by atoms with E-state index in [4.69, 9.17) is 4.74 Å². The maximum absolute atomic E-state index is 12.5. The zero-order valence-corrected chi connectivity index (χ0v) is 54.3. The Morgan fingerprint density at radius 2 is 0.588 bits per heavy atom. The van der Waals surface area contributed by atoms with E-state index in [2.05, 4.69) is 43.5 Å². The molecule has 80 heavy (non-hydrogen) atoms. The van der Waals surface area contributed by atoms with Crippen LogP contribution in [0.5, 0.6) is 0 Å². The SMILES string of the molecule is CCCCCC/C=C\CCCCCCCC(=O)OCCCCCCCCCCCCCC/C=C\CCCCCCCCCCCCCCCCC(=O)NC(CO)C(O)CCCCCCCCCCCCCCCCCCCCCC. The predicted octanol–water partition coefficient (Wildman–Crippen LogP) is 23.7. The summed E-state index contributed by atoms with van der Waals surface area (Å²) in [6.07, 6.45) is 88.1. The zero-order chi connectivity index (χ0) is 57.8. The van der Waals surface area contributed by atoms with Crippen molar-refractivity contribution in [3.63, 3.8) is 0 Å². The van der Waals surface area contributed by atoms with Crippen molar-refractivity contribution in [3.05, 3.63) is 24.3 Å². The van der Waals surface area contributed by atoms with Gasteiger partial charge in [-0.2, -0.15) is 0 Å². The summed E-state index contributed by atoms with van der Waals surface area (Å²) in [5.74, 6) is -0.0204. The number of nitrogens with one attached hydrogen (secondary N) is 1. The first-order valence-electron chi connectivity index (χ1n) is 36.6. The lowest BCUT2D eigenvalue weighted by atomic mass is 10.0. The van der Waals surface area contributed by atoms with E-state index in [1.54, 1.807) is 0 Å². The number of ether oxygens (including phenoxy) is 1. The third kappa shape index (κ3) is 65.5. The van der Waals surface area contributed by atoms with Crippen molar-refractivity contribution in [2.24, 2.45) is 0 Å². The second-order valence-corrected chi connectivity index (χ2v) is 25.3. The van der Waals surface area contributed by atoms with E-state index < -0.39 is 12.1 Å². The van der Waals surface area contributed by atoms with E-state index in [0.717, 1.165) is 44.9 Å². The second kappa shape index (κ2) is 69.8. The summed E-state index contributed by atoms with van der Waals surface area (Å²) in [5.41, 5.74) is 0. The Labute approximate surface area is 501 Å². The number of aliphatic hydroxyl groups is 2. The molecule has 0 rings (SSSR count). The van der Waals surface area contributed by atoms with Crippen LogP contribution in [0.2, 0.25) is 0 Å². The number of carbonyl (C=O) groups excluding carboxylic acids is 2. The number of hydrogen-bond acceptors (Lipinski definition) is 5. The number of aliphatic hydroxyl groups excluding tert-OH is 2. The van der Waals surface area contributed by atoms with Gasteiger partial charge in [0.2, 0.25) is 5.91 Å². The minimum absolute atomic E-state index is 0.00855. The van der Waals surface area contributed by atoms with Gasteiger partial charge < -0.3 is 20.3 Å². The number of amides is 1. The average molecular weight is 1130 g/mol. The zero-order valence-electron chi connectivity index (χ0n) is 54.3. The molecule has 0 aromatic heterocycles. The van der Waals surface area contributed by atoms with Crippen LogP contribution in [0.15, 0.2) is 24.3 Å². The lowest BCUT2D eigenvalue weighted by Crippen LogP contribution is -2.45. The molecule has 0 aliphatic heterocycles. The fourth-order valence-electron chi connectivity index (χ4n) is 11.6. The maximum Gasteiger partial charge on any atom is 0.305 e. The number of rotatable bonds is 69. The van der Waals surface area contributed by atoms with Crippen LogP contribution >= 0.6 is 0 Å². The number of unbranched alkanes of at least 4 members (excludes halogenated alkanes) is 54. The largest absolute Gasteiger partial charge is 0.466 e. The van der Waals surface area contributed by atoms with Crippen LogP contribution in [0, 0.1) is 0 Å². The standard InChI is InChI=1S/C74H143NO5/c1-3-5-7-9-11-13-15-17-18-19-20-33-36-39-43-46-50-54-58-62-66-72(77)71(70-76)75-73(78)67-63-59-55-51-47-44-40-37-34-31-29-27-25-23-21-22-24-26-28-30-32-35-38-41-45-49-53-57-61-65-69-80-74(79)68-64-60-56-52-48-42-16-14-12-10-8-6-4-2/h14,16,22,24,71-72,76-77H,3-13,15,17-21,23,25-70H2,1-2H3,(H,75,78)/b16-14-,24-22-. The molecule has 0 spiro atoms. The number of allylic oxidation sites excluding steroid dienone is 4. The summed E-state index contributed by atoms with van der Waals surface area (Å²) < 4.78 is 5.48. The van der Waals surface area contributed by atoms with Crippen LogP contribution in [0.3, 0.4) is 0 Å². The molecule has 0 bridgehead atoms. The smallest absolute Gasteiger partial charge is 0.305 e. The van der Waals surface area contributed by atoms with Gasteiger partial charge in [-0.05, 0) is 77.0 Å². The van der Waals surface area contributed by atoms with Crippen molar-refractivity contribution >= 4 is 11.9 Å². The summed E-state index contributed by atoms with van der Waals surface area (Å²) in [4.78, 5) is 24.6. The Hall–Kier alpha value is -1.66. The second-order valence-electron chi connectivity index (χ2n) is 25.3. The van der Waals surface area contributed by atoms with Crippen molar-refractivity contribution in [1.82, 2.24) is 5.32 Å². The first kappa shape index (κ1) is 78.3. The van der Waals surface area contributed by atoms with E-state index in [0.29, 0.717) is 25.9 Å². The summed E-state index contributed by atoms with van der Waals surface area (Å²) in [6, 6.07) is -0.541. The summed E-state index contributed by atoms with van der Waals surface area (Å²) in [5, 5.41) is 23.4. The van der Waals surface area contributed by atoms with Gasteiger partial charge in [-0.15, -0.1) is 0 Å². The molecule has 0 heterocycles. The van der Waals surface area contributed by atoms with Gasteiger partial charge in [-0.1, -0.05) is 346 Å². The molecule has 6 nitrogen and oxygen atoms in total. The van der Waals surface area contributed by atoms with Gasteiger partial charge in [0.1, 0.15) is 0 Å². The molecule has 0 saturated heterocycles. The molecule has 6 heteroatoms. The molecular formula is C74H143NO5.